The summed E-state index contributed by atoms with van der Waals surface area (Å²) in [7, 11) is 0. The van der Waals surface area contributed by atoms with Gasteiger partial charge in [0.15, 0.2) is 0 Å². The molecule has 1 aromatic heterocycles. The molecule has 0 aliphatic heterocycles. The Labute approximate surface area is 127 Å². The lowest BCUT2D eigenvalue weighted by Crippen LogP contribution is -2.39. The molecule has 0 aromatic carbocycles. The number of aromatic nitrogens is 1. The van der Waals surface area contributed by atoms with Crippen LogP contribution in [0.25, 0.3) is 0 Å². The van der Waals surface area contributed by atoms with E-state index < -0.39 is 0 Å². The number of hydrogen-bond acceptors (Lipinski definition) is 3. The number of nitrogens with one attached hydrogen (secondary N) is 2. The first-order valence-electron chi connectivity index (χ1n) is 8.01. The van der Waals surface area contributed by atoms with Crippen molar-refractivity contribution in [3.8, 4) is 0 Å². The second-order valence-corrected chi connectivity index (χ2v) is 6.77. The summed E-state index contributed by atoms with van der Waals surface area (Å²) in [6.45, 7) is 7.64. The van der Waals surface area contributed by atoms with Gasteiger partial charge in [0.1, 0.15) is 5.69 Å². The molecule has 1 heterocycles. The highest BCUT2D eigenvalue weighted by atomic mass is 16.1. The second kappa shape index (κ2) is 6.92. The van der Waals surface area contributed by atoms with Gasteiger partial charge in [0.2, 0.25) is 0 Å². The predicted octanol–water partition coefficient (Wildman–Crippen LogP) is 3.60. The summed E-state index contributed by atoms with van der Waals surface area (Å²) >= 11 is 0. The van der Waals surface area contributed by atoms with Crippen LogP contribution in [-0.4, -0.2) is 23.5 Å². The molecule has 2 N–H and O–H groups in total. The van der Waals surface area contributed by atoms with Gasteiger partial charge < -0.3 is 10.6 Å². The van der Waals surface area contributed by atoms with Crippen LogP contribution in [0.2, 0.25) is 0 Å². The summed E-state index contributed by atoms with van der Waals surface area (Å²) in [6, 6.07) is 4.01. The van der Waals surface area contributed by atoms with Crippen molar-refractivity contribution in [3.63, 3.8) is 0 Å². The molecule has 0 bridgehead atoms. The average Bonchev–Trinajstić information content (AvgIpc) is 2.48. The van der Waals surface area contributed by atoms with Crippen molar-refractivity contribution in [2.75, 3.05) is 11.9 Å². The van der Waals surface area contributed by atoms with Gasteiger partial charge in [-0.2, -0.15) is 0 Å². The zero-order chi connectivity index (χ0) is 15.3. The van der Waals surface area contributed by atoms with Gasteiger partial charge in [0.25, 0.3) is 5.91 Å². The number of hydrogen-bond donors (Lipinski definition) is 2. The quantitative estimate of drug-likeness (QED) is 0.870. The van der Waals surface area contributed by atoms with Crippen molar-refractivity contribution in [3.05, 3.63) is 24.0 Å². The third-order valence-electron chi connectivity index (χ3n) is 4.25. The molecule has 0 unspecified atom stereocenters. The highest BCUT2D eigenvalue weighted by molar-refractivity contribution is 5.92. The number of anilines is 1. The molecule has 1 amide bonds. The minimum Gasteiger partial charge on any atom is -0.384 e. The van der Waals surface area contributed by atoms with E-state index in [2.05, 4.69) is 36.4 Å². The minimum atomic E-state index is -0.0539. The van der Waals surface area contributed by atoms with Crippen molar-refractivity contribution >= 4 is 11.6 Å². The van der Waals surface area contributed by atoms with Gasteiger partial charge in [0, 0.05) is 12.6 Å². The van der Waals surface area contributed by atoms with Crippen LogP contribution in [0.3, 0.4) is 0 Å². The van der Waals surface area contributed by atoms with E-state index in [1.807, 2.05) is 6.07 Å². The van der Waals surface area contributed by atoms with E-state index in [4.69, 9.17) is 0 Å². The summed E-state index contributed by atoms with van der Waals surface area (Å²) in [5.74, 6) is -0.0539. The van der Waals surface area contributed by atoms with E-state index in [0.717, 1.165) is 31.5 Å². The first-order chi connectivity index (χ1) is 10.00. The Morgan fingerprint density at radius 2 is 2.05 bits per heavy atom. The normalized spacial score (nSPS) is 18.2. The number of carbonyl (C=O) groups is 1. The zero-order valence-electron chi connectivity index (χ0n) is 13.4. The van der Waals surface area contributed by atoms with E-state index in [1.54, 1.807) is 12.3 Å². The SMILES string of the molecule is CCCNc1ccc(C(=O)NC2CCC(C)(C)CC2)nc1. The molecule has 1 aliphatic carbocycles. The van der Waals surface area contributed by atoms with Crippen LogP contribution in [0.15, 0.2) is 18.3 Å². The van der Waals surface area contributed by atoms with E-state index in [1.165, 1.54) is 12.8 Å². The van der Waals surface area contributed by atoms with Gasteiger partial charge >= 0.3 is 0 Å². The molecular weight excluding hydrogens is 262 g/mol. The summed E-state index contributed by atoms with van der Waals surface area (Å²) in [5, 5.41) is 6.37. The van der Waals surface area contributed by atoms with Crippen LogP contribution >= 0.6 is 0 Å². The molecule has 116 valence electrons. The standard InChI is InChI=1S/C17H27N3O/c1-4-11-18-14-5-6-15(19-12-14)16(21)20-13-7-9-17(2,3)10-8-13/h5-6,12-13,18H,4,7-11H2,1-3H3,(H,20,21). The third-order valence-corrected chi connectivity index (χ3v) is 4.25. The molecule has 0 spiro atoms. The molecule has 1 saturated carbocycles. The monoisotopic (exact) mass is 289 g/mol. The lowest BCUT2D eigenvalue weighted by molar-refractivity contribution is 0.0904. The first-order valence-corrected chi connectivity index (χ1v) is 8.01. The Morgan fingerprint density at radius 1 is 1.33 bits per heavy atom. The molecule has 1 aromatic rings. The van der Waals surface area contributed by atoms with Crippen molar-refractivity contribution in [1.82, 2.24) is 10.3 Å². The van der Waals surface area contributed by atoms with Crippen LogP contribution in [-0.2, 0) is 0 Å². The van der Waals surface area contributed by atoms with Gasteiger partial charge in [-0.3, -0.25) is 4.79 Å². The fraction of sp³-hybridized carbons (Fsp3) is 0.647. The topological polar surface area (TPSA) is 54.0 Å². The Balaban J connectivity index is 1.86. The predicted molar refractivity (Wildman–Crippen MR) is 86.5 cm³/mol. The highest BCUT2D eigenvalue weighted by Gasteiger charge is 2.27. The van der Waals surface area contributed by atoms with E-state index in [-0.39, 0.29) is 5.91 Å². The third kappa shape index (κ3) is 4.73. The highest BCUT2D eigenvalue weighted by Crippen LogP contribution is 2.35. The van der Waals surface area contributed by atoms with E-state index in [0.29, 0.717) is 17.2 Å². The Bertz CT molecular complexity index is 457. The van der Waals surface area contributed by atoms with Gasteiger partial charge in [-0.1, -0.05) is 20.8 Å². The number of rotatable bonds is 5. The number of nitrogens with zero attached hydrogens (tertiary/aromatic N) is 1. The molecular formula is C17H27N3O. The van der Waals surface area contributed by atoms with Crippen LogP contribution in [0, 0.1) is 5.41 Å². The number of carbonyl (C=O) groups excluding carboxylic acids is 1. The van der Waals surface area contributed by atoms with Gasteiger partial charge in [0.05, 0.1) is 11.9 Å². The van der Waals surface area contributed by atoms with Crippen LogP contribution in [0.5, 0.6) is 0 Å². The second-order valence-electron chi connectivity index (χ2n) is 6.77. The van der Waals surface area contributed by atoms with Crippen LogP contribution in [0.4, 0.5) is 5.69 Å². The van der Waals surface area contributed by atoms with Crippen molar-refractivity contribution in [1.29, 1.82) is 0 Å². The van der Waals surface area contributed by atoms with E-state index in [9.17, 15) is 4.79 Å². The fourth-order valence-electron chi connectivity index (χ4n) is 2.71. The fourth-order valence-corrected chi connectivity index (χ4v) is 2.71. The van der Waals surface area contributed by atoms with Gasteiger partial charge in [-0.25, -0.2) is 4.98 Å². The number of pyridine rings is 1. The molecule has 21 heavy (non-hydrogen) atoms. The largest absolute Gasteiger partial charge is 0.384 e. The van der Waals surface area contributed by atoms with Crippen molar-refractivity contribution in [2.45, 2.75) is 58.9 Å². The van der Waals surface area contributed by atoms with Crippen molar-refractivity contribution in [2.24, 2.45) is 5.41 Å². The lowest BCUT2D eigenvalue weighted by Gasteiger charge is -2.34. The lowest BCUT2D eigenvalue weighted by atomic mass is 9.75. The van der Waals surface area contributed by atoms with E-state index >= 15 is 0 Å². The molecule has 4 heteroatoms. The molecule has 1 fully saturated rings. The van der Waals surface area contributed by atoms with Gasteiger partial charge in [-0.15, -0.1) is 0 Å². The maximum absolute atomic E-state index is 12.2. The Morgan fingerprint density at radius 3 is 2.62 bits per heavy atom. The first kappa shape index (κ1) is 15.8. The van der Waals surface area contributed by atoms with Crippen LogP contribution in [0.1, 0.15) is 63.4 Å². The average molecular weight is 289 g/mol. The molecule has 1 aliphatic rings. The molecule has 0 saturated heterocycles. The maximum Gasteiger partial charge on any atom is 0.270 e. The van der Waals surface area contributed by atoms with Crippen molar-refractivity contribution < 1.29 is 4.79 Å². The smallest absolute Gasteiger partial charge is 0.270 e. The molecule has 0 radical (unpaired) electrons. The molecule has 2 rings (SSSR count). The Hall–Kier alpha value is -1.58. The summed E-state index contributed by atoms with van der Waals surface area (Å²) in [6.07, 6.45) is 7.27. The summed E-state index contributed by atoms with van der Waals surface area (Å²) in [4.78, 5) is 16.5. The summed E-state index contributed by atoms with van der Waals surface area (Å²) in [5.41, 5.74) is 1.89. The minimum absolute atomic E-state index is 0.0539. The molecule has 0 atom stereocenters. The summed E-state index contributed by atoms with van der Waals surface area (Å²) < 4.78 is 0. The Kier molecular flexibility index (Phi) is 5.21. The van der Waals surface area contributed by atoms with Gasteiger partial charge in [-0.05, 0) is 49.7 Å². The van der Waals surface area contributed by atoms with Crippen LogP contribution < -0.4 is 10.6 Å². The number of amides is 1. The zero-order valence-corrected chi connectivity index (χ0v) is 13.4. The maximum atomic E-state index is 12.2. The molecule has 4 nitrogen and oxygen atoms in total.